The molecule has 0 saturated heterocycles. The lowest BCUT2D eigenvalue weighted by molar-refractivity contribution is 0.745. The molecule has 0 fully saturated rings. The molecule has 2 aliphatic rings. The van der Waals surface area contributed by atoms with E-state index in [1.165, 1.54) is 44.6 Å². The summed E-state index contributed by atoms with van der Waals surface area (Å²) >= 11 is 0. The molecule has 59 heavy (non-hydrogen) atoms. The summed E-state index contributed by atoms with van der Waals surface area (Å²) in [4.78, 5) is 17.2. The predicted molar refractivity (Wildman–Crippen MR) is 243 cm³/mol. The average molecular weight is 755 g/mol. The number of hydrogen-bond acceptors (Lipinski definition) is 4. The van der Waals surface area contributed by atoms with Crippen molar-refractivity contribution in [2.24, 2.45) is 0 Å². The second-order valence-electron chi connectivity index (χ2n) is 15.2. The van der Waals surface area contributed by atoms with E-state index in [0.717, 1.165) is 44.6 Å². The topological polar surface area (TPSA) is 41.9 Å². The monoisotopic (exact) mass is 754 g/mol. The van der Waals surface area contributed by atoms with Gasteiger partial charge < -0.3 is 4.90 Å². The lowest BCUT2D eigenvalue weighted by Crippen LogP contribution is -2.28. The van der Waals surface area contributed by atoms with Crippen LogP contribution in [-0.4, -0.2) is 21.0 Å². The molecule has 1 aliphatic heterocycles. The van der Waals surface area contributed by atoms with Gasteiger partial charge in [-0.15, -0.1) is 0 Å². The molecule has 7 aromatic carbocycles. The fraction of sp³-hybridized carbons (Fsp3) is 0.0364. The molecule has 1 aliphatic carbocycles. The van der Waals surface area contributed by atoms with Gasteiger partial charge in [-0.3, -0.25) is 4.98 Å². The number of aromatic nitrogens is 3. The summed E-state index contributed by atoms with van der Waals surface area (Å²) < 4.78 is 0. The fourth-order valence-electron chi connectivity index (χ4n) is 8.86. The second kappa shape index (κ2) is 14.7. The van der Waals surface area contributed by atoms with Crippen molar-refractivity contribution in [1.29, 1.82) is 0 Å². The van der Waals surface area contributed by atoms with Crippen LogP contribution in [0.1, 0.15) is 11.5 Å². The molecule has 2 aromatic heterocycles. The van der Waals surface area contributed by atoms with Gasteiger partial charge in [-0.25, -0.2) is 9.97 Å². The zero-order valence-corrected chi connectivity index (χ0v) is 32.2. The van der Waals surface area contributed by atoms with Crippen LogP contribution in [0.15, 0.2) is 219 Å². The van der Waals surface area contributed by atoms with Gasteiger partial charge in [-0.05, 0) is 80.6 Å². The van der Waals surface area contributed by atoms with Crippen LogP contribution >= 0.6 is 0 Å². The standard InChI is InChI=1S/C55H38N4/c1-3-13-39(14-4-1)55-57-51(42-16-11-15-40(33-42)43-17-12-32-56-36-43)35-52(58-55)48-31-30-45(46-20-7-8-21-47(46)48)38-26-24-37(25-27-38)41-28-29-50-49-22-9-10-23-53(49)59(54(50)34-41)44-18-5-2-6-19-44/h1-36,49,53H. The third-order valence-electron chi connectivity index (χ3n) is 11.7. The van der Waals surface area contributed by atoms with Gasteiger partial charge in [0, 0.05) is 51.9 Å². The van der Waals surface area contributed by atoms with Crippen molar-refractivity contribution >= 4 is 22.1 Å². The maximum Gasteiger partial charge on any atom is 0.160 e. The number of hydrogen-bond donors (Lipinski definition) is 0. The fourth-order valence-corrected chi connectivity index (χ4v) is 8.86. The van der Waals surface area contributed by atoms with Gasteiger partial charge in [-0.2, -0.15) is 0 Å². The third-order valence-corrected chi connectivity index (χ3v) is 11.7. The highest BCUT2D eigenvalue weighted by atomic mass is 15.2. The highest BCUT2D eigenvalue weighted by Crippen LogP contribution is 2.49. The predicted octanol–water partition coefficient (Wildman–Crippen LogP) is 13.8. The highest BCUT2D eigenvalue weighted by molar-refractivity contribution is 6.05. The van der Waals surface area contributed by atoms with Crippen LogP contribution in [0, 0.1) is 0 Å². The summed E-state index contributed by atoms with van der Waals surface area (Å²) in [6.07, 6.45) is 12.7. The summed E-state index contributed by atoms with van der Waals surface area (Å²) in [5.74, 6) is 1.03. The Hall–Kier alpha value is -7.69. The molecule has 11 rings (SSSR count). The number of nitrogens with zero attached hydrogens (tertiary/aromatic N) is 4. The molecule has 0 radical (unpaired) electrons. The van der Waals surface area contributed by atoms with Crippen LogP contribution in [-0.2, 0) is 0 Å². The molecule has 0 saturated carbocycles. The minimum Gasteiger partial charge on any atom is -0.333 e. The maximum atomic E-state index is 5.22. The van der Waals surface area contributed by atoms with E-state index < -0.39 is 0 Å². The van der Waals surface area contributed by atoms with Crippen LogP contribution in [0.25, 0.3) is 78.1 Å². The SMILES string of the molecule is C1=CC2c3ccc(-c4ccc(-c5ccc(-c6cc(-c7cccc(-c8cccnc8)c7)nc(-c7ccccc7)n6)c6ccccc56)cc4)cc3N(c3ccccc3)C2C=C1. The molecule has 0 amide bonds. The van der Waals surface area contributed by atoms with Crippen LogP contribution < -0.4 is 4.90 Å². The van der Waals surface area contributed by atoms with E-state index in [4.69, 9.17) is 9.97 Å². The normalized spacial score (nSPS) is 15.3. The quantitative estimate of drug-likeness (QED) is 0.162. The van der Waals surface area contributed by atoms with E-state index in [1.807, 2.05) is 30.5 Å². The first-order valence-electron chi connectivity index (χ1n) is 20.2. The summed E-state index contributed by atoms with van der Waals surface area (Å²) in [6, 6.07) is 65.1. The van der Waals surface area contributed by atoms with Gasteiger partial charge in [0.25, 0.3) is 0 Å². The molecule has 2 unspecified atom stereocenters. The summed E-state index contributed by atoms with van der Waals surface area (Å²) in [6.45, 7) is 0. The number of fused-ring (bicyclic) bond motifs is 4. The van der Waals surface area contributed by atoms with Crippen molar-refractivity contribution in [2.45, 2.75) is 12.0 Å². The summed E-state index contributed by atoms with van der Waals surface area (Å²) in [7, 11) is 0. The molecular formula is C55H38N4. The van der Waals surface area contributed by atoms with Gasteiger partial charge in [0.15, 0.2) is 5.82 Å². The lowest BCUT2D eigenvalue weighted by atomic mass is 9.90. The molecule has 3 heterocycles. The largest absolute Gasteiger partial charge is 0.333 e. The molecule has 278 valence electrons. The van der Waals surface area contributed by atoms with E-state index >= 15 is 0 Å². The van der Waals surface area contributed by atoms with Crippen LogP contribution in [0.5, 0.6) is 0 Å². The number of rotatable bonds is 7. The molecule has 0 N–H and O–H groups in total. The van der Waals surface area contributed by atoms with Crippen molar-refractivity contribution in [3.05, 3.63) is 224 Å². The Morgan fingerprint density at radius 1 is 0.424 bits per heavy atom. The molecular weight excluding hydrogens is 717 g/mol. The third kappa shape index (κ3) is 6.32. The molecule has 9 aromatic rings. The summed E-state index contributed by atoms with van der Waals surface area (Å²) in [5, 5.41) is 2.32. The van der Waals surface area contributed by atoms with E-state index in [2.05, 4.69) is 192 Å². The number of anilines is 2. The number of benzene rings is 7. The van der Waals surface area contributed by atoms with Gasteiger partial charge in [0.1, 0.15) is 0 Å². The van der Waals surface area contributed by atoms with Gasteiger partial charge in [0.2, 0.25) is 0 Å². The van der Waals surface area contributed by atoms with Gasteiger partial charge >= 0.3 is 0 Å². The molecule has 0 spiro atoms. The van der Waals surface area contributed by atoms with E-state index in [1.54, 1.807) is 6.20 Å². The van der Waals surface area contributed by atoms with Crippen LogP contribution in [0.3, 0.4) is 0 Å². The van der Waals surface area contributed by atoms with E-state index in [-0.39, 0.29) is 6.04 Å². The Kier molecular flexibility index (Phi) is 8.59. The van der Waals surface area contributed by atoms with Gasteiger partial charge in [-0.1, -0.05) is 170 Å². The van der Waals surface area contributed by atoms with Crippen molar-refractivity contribution in [1.82, 2.24) is 15.0 Å². The lowest BCUT2D eigenvalue weighted by Gasteiger charge is -2.28. The Morgan fingerprint density at radius 2 is 1.07 bits per heavy atom. The van der Waals surface area contributed by atoms with Gasteiger partial charge in [0.05, 0.1) is 17.4 Å². The zero-order chi connectivity index (χ0) is 39.1. The maximum absolute atomic E-state index is 5.22. The molecule has 4 heteroatoms. The molecule has 4 nitrogen and oxygen atoms in total. The molecule has 2 atom stereocenters. The summed E-state index contributed by atoms with van der Waals surface area (Å²) in [5.41, 5.74) is 15.6. The Morgan fingerprint density at radius 3 is 1.88 bits per heavy atom. The molecule has 0 bridgehead atoms. The van der Waals surface area contributed by atoms with Crippen molar-refractivity contribution in [3.63, 3.8) is 0 Å². The van der Waals surface area contributed by atoms with Crippen molar-refractivity contribution in [2.75, 3.05) is 4.90 Å². The number of pyridine rings is 1. The highest BCUT2D eigenvalue weighted by Gasteiger charge is 2.37. The Balaban J connectivity index is 0.969. The smallest absolute Gasteiger partial charge is 0.160 e. The average Bonchev–Trinajstić information content (AvgIpc) is 3.66. The minimum absolute atomic E-state index is 0.272. The minimum atomic E-state index is 0.272. The number of para-hydroxylation sites is 1. The van der Waals surface area contributed by atoms with Crippen molar-refractivity contribution < 1.29 is 0 Å². The van der Waals surface area contributed by atoms with E-state index in [9.17, 15) is 0 Å². The first-order valence-corrected chi connectivity index (χ1v) is 20.2. The Bertz CT molecular complexity index is 3050. The first-order chi connectivity index (χ1) is 29.2. The Labute approximate surface area is 344 Å². The number of allylic oxidation sites excluding steroid dienone is 2. The zero-order valence-electron chi connectivity index (χ0n) is 32.2. The first kappa shape index (κ1) is 34.5. The second-order valence-corrected chi connectivity index (χ2v) is 15.2. The van der Waals surface area contributed by atoms with Crippen LogP contribution in [0.4, 0.5) is 11.4 Å². The van der Waals surface area contributed by atoms with Crippen LogP contribution in [0.2, 0.25) is 0 Å². The van der Waals surface area contributed by atoms with Crippen molar-refractivity contribution in [3.8, 4) is 67.3 Å². The van der Waals surface area contributed by atoms with E-state index in [0.29, 0.717) is 11.7 Å².